The monoisotopic (exact) mass is 186 g/mol. The summed E-state index contributed by atoms with van der Waals surface area (Å²) in [5.41, 5.74) is 5.53. The van der Waals surface area contributed by atoms with Crippen LogP contribution in [0.4, 0.5) is 0 Å². The fraction of sp³-hybridized carbons (Fsp3) is 0.875. The Balaban J connectivity index is 1.96. The summed E-state index contributed by atoms with van der Waals surface area (Å²) in [5.74, 6) is 0. The Hall–Kier alpha value is -0.190. The van der Waals surface area contributed by atoms with Crippen molar-refractivity contribution in [2.75, 3.05) is 19.7 Å². The van der Waals surface area contributed by atoms with Crippen LogP contribution < -0.4 is 5.73 Å². The highest BCUT2D eigenvalue weighted by Crippen LogP contribution is 2.22. The molecule has 2 aliphatic rings. The third-order valence-electron chi connectivity index (χ3n) is 2.71. The summed E-state index contributed by atoms with van der Waals surface area (Å²) < 4.78 is 5.55. The zero-order valence-electron chi connectivity index (χ0n) is 7.03. The van der Waals surface area contributed by atoms with Crippen molar-refractivity contribution in [2.45, 2.75) is 25.0 Å². The Morgan fingerprint density at radius 3 is 3.17 bits per heavy atom. The number of rotatable bonds is 1. The van der Waals surface area contributed by atoms with Crippen LogP contribution in [0.1, 0.15) is 12.8 Å². The molecule has 0 unspecified atom stereocenters. The standard InChI is InChI=1S/C8H14N2OS/c9-8(12)7-4-10-3-1-2-6(10)5-11-7/h6-7H,1-5H2,(H2,9,12)/t6-,7+/m0/s1. The molecule has 2 aliphatic heterocycles. The normalized spacial score (nSPS) is 36.3. The van der Waals surface area contributed by atoms with Crippen LogP contribution in [0.2, 0.25) is 0 Å². The molecule has 0 radical (unpaired) electrons. The van der Waals surface area contributed by atoms with Crippen molar-refractivity contribution in [3.05, 3.63) is 0 Å². The van der Waals surface area contributed by atoms with E-state index in [0.717, 1.165) is 13.2 Å². The lowest BCUT2D eigenvalue weighted by molar-refractivity contribution is -0.0155. The predicted molar refractivity (Wildman–Crippen MR) is 51.1 cm³/mol. The molecule has 4 heteroatoms. The van der Waals surface area contributed by atoms with Crippen molar-refractivity contribution in [3.63, 3.8) is 0 Å². The van der Waals surface area contributed by atoms with Crippen LogP contribution >= 0.6 is 12.2 Å². The first-order chi connectivity index (χ1) is 5.77. The first-order valence-corrected chi connectivity index (χ1v) is 4.83. The molecule has 2 heterocycles. The number of morpholine rings is 1. The summed E-state index contributed by atoms with van der Waals surface area (Å²) in [6.07, 6.45) is 2.55. The zero-order chi connectivity index (χ0) is 8.55. The van der Waals surface area contributed by atoms with E-state index in [1.165, 1.54) is 19.4 Å². The third-order valence-corrected chi connectivity index (χ3v) is 2.97. The van der Waals surface area contributed by atoms with Gasteiger partial charge in [-0.2, -0.15) is 0 Å². The maximum absolute atomic E-state index is 5.55. The predicted octanol–water partition coefficient (Wildman–Crippen LogP) is 0.136. The second-order valence-electron chi connectivity index (χ2n) is 3.52. The maximum Gasteiger partial charge on any atom is 0.120 e. The minimum Gasteiger partial charge on any atom is -0.391 e. The summed E-state index contributed by atoms with van der Waals surface area (Å²) in [4.78, 5) is 2.94. The van der Waals surface area contributed by atoms with E-state index in [1.54, 1.807) is 0 Å². The highest BCUT2D eigenvalue weighted by molar-refractivity contribution is 7.80. The van der Waals surface area contributed by atoms with Crippen LogP contribution in [-0.4, -0.2) is 41.7 Å². The first kappa shape index (κ1) is 8.41. The SMILES string of the molecule is NC(=S)[C@H]1CN2CCC[C@H]2CO1. The van der Waals surface area contributed by atoms with Gasteiger partial charge in [0.25, 0.3) is 0 Å². The van der Waals surface area contributed by atoms with E-state index in [0.29, 0.717) is 11.0 Å². The van der Waals surface area contributed by atoms with Crippen LogP contribution in [-0.2, 0) is 4.74 Å². The average Bonchev–Trinajstić information content (AvgIpc) is 2.49. The van der Waals surface area contributed by atoms with Gasteiger partial charge in [0.1, 0.15) is 11.1 Å². The Labute approximate surface area is 77.9 Å². The fourth-order valence-electron chi connectivity index (χ4n) is 1.99. The molecule has 2 fully saturated rings. The van der Waals surface area contributed by atoms with E-state index in [2.05, 4.69) is 4.90 Å². The van der Waals surface area contributed by atoms with Crippen molar-refractivity contribution in [1.29, 1.82) is 0 Å². The quantitative estimate of drug-likeness (QED) is 0.591. The largest absolute Gasteiger partial charge is 0.391 e. The summed E-state index contributed by atoms with van der Waals surface area (Å²) in [7, 11) is 0. The molecule has 12 heavy (non-hydrogen) atoms. The fourth-order valence-corrected chi connectivity index (χ4v) is 2.13. The Morgan fingerprint density at radius 1 is 1.58 bits per heavy atom. The molecule has 68 valence electrons. The number of hydrogen-bond donors (Lipinski definition) is 1. The average molecular weight is 186 g/mol. The number of nitrogens with zero attached hydrogens (tertiary/aromatic N) is 1. The minimum absolute atomic E-state index is 0.00523. The smallest absolute Gasteiger partial charge is 0.120 e. The van der Waals surface area contributed by atoms with E-state index in [4.69, 9.17) is 22.7 Å². The molecule has 0 aromatic carbocycles. The van der Waals surface area contributed by atoms with Gasteiger partial charge >= 0.3 is 0 Å². The van der Waals surface area contributed by atoms with Crippen LogP contribution in [0, 0.1) is 0 Å². The van der Waals surface area contributed by atoms with Crippen molar-refractivity contribution < 1.29 is 4.74 Å². The molecule has 2 N–H and O–H groups in total. The van der Waals surface area contributed by atoms with E-state index in [1.807, 2.05) is 0 Å². The number of fused-ring (bicyclic) bond motifs is 1. The zero-order valence-corrected chi connectivity index (χ0v) is 7.85. The number of ether oxygens (including phenoxy) is 1. The lowest BCUT2D eigenvalue weighted by Crippen LogP contribution is -2.50. The van der Waals surface area contributed by atoms with Gasteiger partial charge in [-0.15, -0.1) is 0 Å². The molecular formula is C8H14N2OS. The van der Waals surface area contributed by atoms with E-state index >= 15 is 0 Å². The molecule has 2 atom stereocenters. The van der Waals surface area contributed by atoms with Crippen molar-refractivity contribution in [1.82, 2.24) is 4.90 Å². The Kier molecular flexibility index (Phi) is 2.30. The van der Waals surface area contributed by atoms with Crippen molar-refractivity contribution >= 4 is 17.2 Å². The Morgan fingerprint density at radius 2 is 2.42 bits per heavy atom. The van der Waals surface area contributed by atoms with Crippen LogP contribution in [0.3, 0.4) is 0 Å². The van der Waals surface area contributed by atoms with E-state index in [-0.39, 0.29) is 6.10 Å². The summed E-state index contributed by atoms with van der Waals surface area (Å²) >= 11 is 4.90. The summed E-state index contributed by atoms with van der Waals surface area (Å²) in [6, 6.07) is 0.635. The van der Waals surface area contributed by atoms with Gasteiger partial charge in [0.05, 0.1) is 6.61 Å². The van der Waals surface area contributed by atoms with Gasteiger partial charge in [-0.25, -0.2) is 0 Å². The van der Waals surface area contributed by atoms with Crippen molar-refractivity contribution in [3.8, 4) is 0 Å². The van der Waals surface area contributed by atoms with Gasteiger partial charge in [0.2, 0.25) is 0 Å². The molecule has 2 saturated heterocycles. The van der Waals surface area contributed by atoms with Crippen LogP contribution in [0.15, 0.2) is 0 Å². The minimum atomic E-state index is -0.00523. The second-order valence-corrected chi connectivity index (χ2v) is 3.99. The molecule has 2 rings (SSSR count). The lowest BCUT2D eigenvalue weighted by Gasteiger charge is -2.34. The van der Waals surface area contributed by atoms with Crippen molar-refractivity contribution in [2.24, 2.45) is 5.73 Å². The highest BCUT2D eigenvalue weighted by atomic mass is 32.1. The molecular weight excluding hydrogens is 172 g/mol. The maximum atomic E-state index is 5.55. The van der Waals surface area contributed by atoms with Gasteiger partial charge < -0.3 is 10.5 Å². The molecule has 0 saturated carbocycles. The number of hydrogen-bond acceptors (Lipinski definition) is 3. The number of nitrogens with two attached hydrogens (primary N) is 1. The van der Waals surface area contributed by atoms with Gasteiger partial charge in [-0.1, -0.05) is 12.2 Å². The highest BCUT2D eigenvalue weighted by Gasteiger charge is 2.32. The van der Waals surface area contributed by atoms with Gasteiger partial charge in [0, 0.05) is 12.6 Å². The molecule has 0 spiro atoms. The lowest BCUT2D eigenvalue weighted by atomic mass is 10.2. The molecule has 0 aromatic heterocycles. The summed E-state index contributed by atoms with van der Waals surface area (Å²) in [6.45, 7) is 2.90. The molecule has 0 aliphatic carbocycles. The molecule has 0 amide bonds. The van der Waals surface area contributed by atoms with E-state index < -0.39 is 0 Å². The van der Waals surface area contributed by atoms with Gasteiger partial charge in [-0.3, -0.25) is 4.90 Å². The molecule has 3 nitrogen and oxygen atoms in total. The topological polar surface area (TPSA) is 38.5 Å². The third kappa shape index (κ3) is 1.46. The van der Waals surface area contributed by atoms with E-state index in [9.17, 15) is 0 Å². The van der Waals surface area contributed by atoms with Gasteiger partial charge in [-0.05, 0) is 19.4 Å². The number of thiocarbonyl (C=S) groups is 1. The molecule has 0 aromatic rings. The first-order valence-electron chi connectivity index (χ1n) is 4.42. The van der Waals surface area contributed by atoms with Crippen LogP contribution in [0.25, 0.3) is 0 Å². The second kappa shape index (κ2) is 3.28. The summed E-state index contributed by atoms with van der Waals surface area (Å²) in [5, 5.41) is 0. The van der Waals surface area contributed by atoms with Gasteiger partial charge in [0.15, 0.2) is 0 Å². The van der Waals surface area contributed by atoms with Crippen LogP contribution in [0.5, 0.6) is 0 Å². The molecule has 0 bridgehead atoms. The Bertz CT molecular complexity index is 197.